The molecule has 0 radical (unpaired) electrons. The van der Waals surface area contributed by atoms with Crippen LogP contribution in [-0.2, 0) is 0 Å². The van der Waals surface area contributed by atoms with Gasteiger partial charge in [-0.15, -0.1) is 0 Å². The van der Waals surface area contributed by atoms with Gasteiger partial charge >= 0.3 is 0 Å². The molecule has 0 bridgehead atoms. The van der Waals surface area contributed by atoms with Gasteiger partial charge in [-0.3, -0.25) is 0 Å². The van der Waals surface area contributed by atoms with E-state index in [1.807, 2.05) is 30.3 Å². The van der Waals surface area contributed by atoms with Crippen LogP contribution in [0.15, 0.2) is 42.0 Å². The summed E-state index contributed by atoms with van der Waals surface area (Å²) in [5.74, 6) is 1.51. The lowest BCUT2D eigenvalue weighted by Crippen LogP contribution is -2.20. The normalized spacial score (nSPS) is 28.4. The summed E-state index contributed by atoms with van der Waals surface area (Å²) in [7, 11) is 4.28. The minimum atomic E-state index is -0.414. The summed E-state index contributed by atoms with van der Waals surface area (Å²) in [6, 6.07) is 9.91. The highest BCUT2D eigenvalue weighted by Gasteiger charge is 2.44. The first-order valence-corrected chi connectivity index (χ1v) is 10.8. The van der Waals surface area contributed by atoms with Gasteiger partial charge in [0.05, 0.1) is 12.2 Å². The molecule has 0 aromatic heterocycles. The second-order valence-corrected chi connectivity index (χ2v) is 8.94. The highest BCUT2D eigenvalue weighted by molar-refractivity contribution is 5.19. The van der Waals surface area contributed by atoms with Crippen molar-refractivity contribution in [3.05, 3.63) is 47.5 Å². The van der Waals surface area contributed by atoms with Gasteiger partial charge in [0.25, 0.3) is 0 Å². The molecule has 1 fully saturated rings. The summed E-state index contributed by atoms with van der Waals surface area (Å²) in [4.78, 5) is 2.26. The smallest absolute Gasteiger partial charge is 0.0790 e. The van der Waals surface area contributed by atoms with Gasteiger partial charge < -0.3 is 15.1 Å². The van der Waals surface area contributed by atoms with E-state index in [2.05, 4.69) is 25.1 Å². The van der Waals surface area contributed by atoms with Crippen molar-refractivity contribution in [3.8, 4) is 0 Å². The van der Waals surface area contributed by atoms with E-state index < -0.39 is 6.10 Å². The van der Waals surface area contributed by atoms with E-state index in [0.717, 1.165) is 24.8 Å². The quantitative estimate of drug-likeness (QED) is 0.468. The van der Waals surface area contributed by atoms with Gasteiger partial charge in [0.15, 0.2) is 0 Å². The van der Waals surface area contributed by atoms with Crippen molar-refractivity contribution in [3.63, 3.8) is 0 Å². The van der Waals surface area contributed by atoms with Crippen LogP contribution in [0, 0.1) is 17.8 Å². The lowest BCUT2D eigenvalue weighted by atomic mass is 9.84. The Kier molecular flexibility index (Phi) is 7.51. The molecule has 0 amide bonds. The molecule has 0 unspecified atom stereocenters. The molecule has 0 spiro atoms. The molecular weight excluding hydrogens is 334 g/mol. The standard InChI is InChI=1S/C24H37NO2/c1-25(2)14-8-4-5-9-18-15-20-17-24(27)21(22(20)16-18)12-13-23(26)19-10-6-3-7-11-19/h3,6-7,10-11,15,20-24,26-27H,4-5,8-9,12-14,16-17H2,1-2H3/t20-,21+,22-,23-,24+/m0/s1. The molecule has 1 aromatic rings. The largest absolute Gasteiger partial charge is 0.393 e. The van der Waals surface area contributed by atoms with Crippen LogP contribution in [0.1, 0.15) is 63.0 Å². The summed E-state index contributed by atoms with van der Waals surface area (Å²) in [5.41, 5.74) is 2.61. The minimum Gasteiger partial charge on any atom is -0.393 e. The number of aliphatic hydroxyl groups is 2. The topological polar surface area (TPSA) is 43.7 Å². The average molecular weight is 372 g/mol. The van der Waals surface area contributed by atoms with Gasteiger partial charge in [0.2, 0.25) is 0 Å². The minimum absolute atomic E-state index is 0.194. The van der Waals surface area contributed by atoms with Crippen LogP contribution in [0.3, 0.4) is 0 Å². The second-order valence-electron chi connectivity index (χ2n) is 8.94. The molecule has 0 heterocycles. The van der Waals surface area contributed by atoms with E-state index >= 15 is 0 Å². The molecule has 1 saturated carbocycles. The second kappa shape index (κ2) is 9.86. The molecule has 0 aliphatic heterocycles. The Labute approximate surface area is 165 Å². The van der Waals surface area contributed by atoms with Crippen molar-refractivity contribution >= 4 is 0 Å². The summed E-state index contributed by atoms with van der Waals surface area (Å²) < 4.78 is 0. The maximum Gasteiger partial charge on any atom is 0.0790 e. The van der Waals surface area contributed by atoms with Gasteiger partial charge in [-0.2, -0.15) is 0 Å². The number of aliphatic hydroxyl groups excluding tert-OH is 2. The molecule has 2 N–H and O–H groups in total. The van der Waals surface area contributed by atoms with Crippen molar-refractivity contribution in [2.24, 2.45) is 17.8 Å². The van der Waals surface area contributed by atoms with Crippen LogP contribution in [0.4, 0.5) is 0 Å². The Bertz CT molecular complexity index is 598. The van der Waals surface area contributed by atoms with Crippen LogP contribution in [0.5, 0.6) is 0 Å². The molecule has 3 nitrogen and oxygen atoms in total. The van der Waals surface area contributed by atoms with Crippen LogP contribution >= 0.6 is 0 Å². The molecule has 27 heavy (non-hydrogen) atoms. The number of rotatable bonds is 10. The van der Waals surface area contributed by atoms with Crippen molar-refractivity contribution in [2.45, 2.75) is 63.6 Å². The predicted molar refractivity (Wildman–Crippen MR) is 111 cm³/mol. The average Bonchev–Trinajstić information content (AvgIpc) is 3.16. The summed E-state index contributed by atoms with van der Waals surface area (Å²) in [6.45, 7) is 1.18. The molecule has 150 valence electrons. The highest BCUT2D eigenvalue weighted by atomic mass is 16.3. The van der Waals surface area contributed by atoms with Gasteiger partial charge in [0.1, 0.15) is 0 Å². The lowest BCUT2D eigenvalue weighted by Gasteiger charge is -2.23. The zero-order valence-corrected chi connectivity index (χ0v) is 17.1. The van der Waals surface area contributed by atoms with Gasteiger partial charge in [0, 0.05) is 0 Å². The van der Waals surface area contributed by atoms with Gasteiger partial charge in [-0.25, -0.2) is 0 Å². The van der Waals surface area contributed by atoms with E-state index in [4.69, 9.17) is 0 Å². The zero-order chi connectivity index (χ0) is 19.2. The third kappa shape index (κ3) is 5.66. The van der Waals surface area contributed by atoms with Gasteiger partial charge in [-0.05, 0) is 88.9 Å². The molecule has 5 atom stereocenters. The Morgan fingerprint density at radius 1 is 1.11 bits per heavy atom. The lowest BCUT2D eigenvalue weighted by molar-refractivity contribution is 0.0908. The first kappa shape index (κ1) is 20.6. The van der Waals surface area contributed by atoms with E-state index in [1.165, 1.54) is 38.6 Å². The Morgan fingerprint density at radius 3 is 2.63 bits per heavy atom. The zero-order valence-electron chi connectivity index (χ0n) is 17.1. The fourth-order valence-electron chi connectivity index (χ4n) is 5.14. The molecule has 1 aromatic carbocycles. The number of benzene rings is 1. The number of unbranched alkanes of at least 4 members (excludes halogenated alkanes) is 2. The summed E-state index contributed by atoms with van der Waals surface area (Å²) in [5, 5.41) is 21.0. The Morgan fingerprint density at radius 2 is 1.89 bits per heavy atom. The number of hydrogen-bond donors (Lipinski definition) is 2. The molecule has 3 rings (SSSR count). The number of hydrogen-bond acceptors (Lipinski definition) is 3. The fraction of sp³-hybridized carbons (Fsp3) is 0.667. The van der Waals surface area contributed by atoms with Crippen LogP contribution in [-0.4, -0.2) is 41.9 Å². The van der Waals surface area contributed by atoms with Crippen LogP contribution in [0.25, 0.3) is 0 Å². The Balaban J connectivity index is 1.43. The van der Waals surface area contributed by atoms with Crippen LogP contribution in [0.2, 0.25) is 0 Å². The third-order valence-electron chi connectivity index (χ3n) is 6.62. The maximum absolute atomic E-state index is 10.5. The van der Waals surface area contributed by atoms with Crippen molar-refractivity contribution < 1.29 is 10.2 Å². The fourth-order valence-corrected chi connectivity index (χ4v) is 5.14. The molecular formula is C24H37NO2. The predicted octanol–water partition coefficient (Wildman–Crippen LogP) is 4.57. The SMILES string of the molecule is CN(C)CCCCCC1=C[C@H]2C[C@@H](O)[C@H](CC[C@H](O)c3ccccc3)[C@H]2C1. The summed E-state index contributed by atoms with van der Waals surface area (Å²) >= 11 is 0. The highest BCUT2D eigenvalue weighted by Crippen LogP contribution is 2.49. The van der Waals surface area contributed by atoms with Crippen molar-refractivity contribution in [2.75, 3.05) is 20.6 Å². The van der Waals surface area contributed by atoms with Gasteiger partial charge in [-0.1, -0.05) is 48.4 Å². The summed E-state index contributed by atoms with van der Waals surface area (Å²) in [6.07, 6.45) is 10.7. The van der Waals surface area contributed by atoms with Crippen LogP contribution < -0.4 is 0 Å². The third-order valence-corrected chi connectivity index (χ3v) is 6.62. The van der Waals surface area contributed by atoms with E-state index in [-0.39, 0.29) is 6.10 Å². The van der Waals surface area contributed by atoms with E-state index in [0.29, 0.717) is 17.8 Å². The van der Waals surface area contributed by atoms with Crippen molar-refractivity contribution in [1.29, 1.82) is 0 Å². The van der Waals surface area contributed by atoms with E-state index in [9.17, 15) is 10.2 Å². The molecule has 2 aliphatic rings. The molecule has 2 aliphatic carbocycles. The van der Waals surface area contributed by atoms with Crippen molar-refractivity contribution in [1.82, 2.24) is 4.90 Å². The first-order chi connectivity index (χ1) is 13.0. The Hall–Kier alpha value is -1.16. The molecule has 3 heteroatoms. The number of fused-ring (bicyclic) bond motifs is 1. The first-order valence-electron chi connectivity index (χ1n) is 10.8. The monoisotopic (exact) mass is 371 g/mol. The van der Waals surface area contributed by atoms with E-state index in [1.54, 1.807) is 5.57 Å². The maximum atomic E-state index is 10.5. The number of allylic oxidation sites excluding steroid dienone is 2. The number of nitrogens with zero attached hydrogens (tertiary/aromatic N) is 1. The molecule has 0 saturated heterocycles.